The summed E-state index contributed by atoms with van der Waals surface area (Å²) < 4.78 is 19.0. The van der Waals surface area contributed by atoms with Crippen molar-refractivity contribution in [3.05, 3.63) is 46.6 Å². The zero-order chi connectivity index (χ0) is 13.4. The Bertz CT molecular complexity index is 704. The maximum Gasteiger partial charge on any atom is 0.231 e. The molecule has 0 saturated carbocycles. The molecule has 0 fully saturated rings. The third kappa shape index (κ3) is 2.01. The van der Waals surface area contributed by atoms with Crippen LogP contribution in [0, 0.1) is 5.82 Å². The molecule has 0 spiro atoms. The van der Waals surface area contributed by atoms with Crippen molar-refractivity contribution in [3.63, 3.8) is 0 Å². The number of benzene rings is 1. The fraction of sp³-hybridized carbons (Fsp3) is 0. The minimum atomic E-state index is -0.460. The maximum absolute atomic E-state index is 14.0. The first-order chi connectivity index (χ1) is 9.18. The number of nitrogens with zero attached hydrogens (tertiary/aromatic N) is 1. The highest BCUT2D eigenvalue weighted by atomic mass is 35.5. The topological polar surface area (TPSA) is 52.0 Å². The molecule has 0 saturated heterocycles. The number of nitrogens with two attached hydrogens (primary N) is 1. The highest BCUT2D eigenvalue weighted by Crippen LogP contribution is 2.41. The molecule has 0 bridgehead atoms. The minimum absolute atomic E-state index is 0.150. The van der Waals surface area contributed by atoms with E-state index >= 15 is 0 Å². The lowest BCUT2D eigenvalue weighted by atomic mass is 10.1. The van der Waals surface area contributed by atoms with Gasteiger partial charge in [0, 0.05) is 4.88 Å². The summed E-state index contributed by atoms with van der Waals surface area (Å²) in [7, 11) is 0. The molecule has 2 heterocycles. The van der Waals surface area contributed by atoms with Crippen LogP contribution >= 0.6 is 22.9 Å². The Morgan fingerprint density at radius 3 is 2.74 bits per heavy atom. The summed E-state index contributed by atoms with van der Waals surface area (Å²) in [5.74, 6) is -0.310. The number of aromatic nitrogens is 1. The van der Waals surface area contributed by atoms with Crippen molar-refractivity contribution in [1.29, 1.82) is 0 Å². The van der Waals surface area contributed by atoms with E-state index in [-0.39, 0.29) is 16.5 Å². The maximum atomic E-state index is 14.0. The van der Waals surface area contributed by atoms with E-state index < -0.39 is 5.82 Å². The molecule has 1 aromatic carbocycles. The van der Waals surface area contributed by atoms with Crippen molar-refractivity contribution >= 4 is 28.8 Å². The molecular formula is C13H8ClFN2OS. The molecule has 96 valence electrons. The number of hydrogen-bond acceptors (Lipinski definition) is 4. The van der Waals surface area contributed by atoms with E-state index in [2.05, 4.69) is 5.16 Å². The van der Waals surface area contributed by atoms with Gasteiger partial charge in [-0.25, -0.2) is 4.39 Å². The van der Waals surface area contributed by atoms with E-state index in [1.165, 1.54) is 23.5 Å². The molecule has 0 aliphatic carbocycles. The fourth-order valence-corrected chi connectivity index (χ4v) is 2.88. The lowest BCUT2D eigenvalue weighted by Crippen LogP contribution is -1.89. The standard InChI is InChI=1S/C13H8ClFN2OS/c14-7-3-1-4-8(15)10(7)12-11(13(16)18-17-12)9-5-2-6-19-9/h1-6H,16H2. The molecule has 3 aromatic rings. The van der Waals surface area contributed by atoms with Crippen LogP contribution in [0.2, 0.25) is 5.02 Å². The van der Waals surface area contributed by atoms with Gasteiger partial charge in [0.15, 0.2) is 0 Å². The zero-order valence-corrected chi connectivity index (χ0v) is 11.1. The third-order valence-electron chi connectivity index (χ3n) is 2.69. The first kappa shape index (κ1) is 12.2. The van der Waals surface area contributed by atoms with Crippen LogP contribution in [-0.4, -0.2) is 5.16 Å². The van der Waals surface area contributed by atoms with Crippen LogP contribution in [0.1, 0.15) is 0 Å². The van der Waals surface area contributed by atoms with Gasteiger partial charge in [-0.1, -0.05) is 28.9 Å². The van der Waals surface area contributed by atoms with Crippen LogP contribution in [0.15, 0.2) is 40.2 Å². The van der Waals surface area contributed by atoms with Crippen molar-refractivity contribution in [3.8, 4) is 21.7 Å². The molecule has 0 aliphatic rings. The predicted octanol–water partition coefficient (Wildman–Crippen LogP) is 4.44. The van der Waals surface area contributed by atoms with Gasteiger partial charge in [0.1, 0.15) is 11.5 Å². The average Bonchev–Trinajstić information content (AvgIpc) is 2.99. The second-order valence-electron chi connectivity index (χ2n) is 3.84. The number of hydrogen-bond donors (Lipinski definition) is 1. The number of rotatable bonds is 2. The molecule has 3 rings (SSSR count). The first-order valence-electron chi connectivity index (χ1n) is 5.42. The molecule has 2 N–H and O–H groups in total. The molecule has 6 heteroatoms. The summed E-state index contributed by atoms with van der Waals surface area (Å²) in [6.07, 6.45) is 0. The Morgan fingerprint density at radius 2 is 2.05 bits per heavy atom. The number of thiophene rings is 1. The first-order valence-corrected chi connectivity index (χ1v) is 6.67. The lowest BCUT2D eigenvalue weighted by Gasteiger charge is -2.04. The molecule has 3 nitrogen and oxygen atoms in total. The van der Waals surface area contributed by atoms with Crippen molar-refractivity contribution in [2.45, 2.75) is 0 Å². The molecule has 0 aliphatic heterocycles. The van der Waals surface area contributed by atoms with Crippen molar-refractivity contribution in [2.75, 3.05) is 5.73 Å². The lowest BCUT2D eigenvalue weighted by molar-refractivity contribution is 0.439. The van der Waals surface area contributed by atoms with Gasteiger partial charge in [-0.15, -0.1) is 11.3 Å². The van der Waals surface area contributed by atoms with Gasteiger partial charge in [-0.05, 0) is 23.6 Å². The smallest absolute Gasteiger partial charge is 0.231 e. The number of halogens is 2. The van der Waals surface area contributed by atoms with E-state index in [4.69, 9.17) is 21.9 Å². The summed E-state index contributed by atoms with van der Waals surface area (Å²) in [5.41, 5.74) is 6.88. The van der Waals surface area contributed by atoms with Crippen LogP contribution in [0.5, 0.6) is 0 Å². The van der Waals surface area contributed by atoms with Gasteiger partial charge < -0.3 is 10.3 Å². The van der Waals surface area contributed by atoms with E-state index in [1.54, 1.807) is 6.07 Å². The minimum Gasteiger partial charge on any atom is -0.367 e. The number of anilines is 1. The van der Waals surface area contributed by atoms with Crippen molar-refractivity contribution in [2.24, 2.45) is 0 Å². The van der Waals surface area contributed by atoms with Gasteiger partial charge in [0.05, 0.1) is 16.1 Å². The summed E-state index contributed by atoms with van der Waals surface area (Å²) in [5, 5.41) is 6.01. The quantitative estimate of drug-likeness (QED) is 0.760. The van der Waals surface area contributed by atoms with Gasteiger partial charge in [0.25, 0.3) is 0 Å². The predicted molar refractivity (Wildman–Crippen MR) is 74.6 cm³/mol. The zero-order valence-electron chi connectivity index (χ0n) is 9.56. The van der Waals surface area contributed by atoms with Crippen LogP contribution < -0.4 is 5.73 Å². The third-order valence-corrected chi connectivity index (χ3v) is 3.89. The highest BCUT2D eigenvalue weighted by molar-refractivity contribution is 7.13. The van der Waals surface area contributed by atoms with Gasteiger partial charge >= 0.3 is 0 Å². The Balaban J connectivity index is 2.28. The van der Waals surface area contributed by atoms with Crippen molar-refractivity contribution < 1.29 is 8.91 Å². The monoisotopic (exact) mass is 294 g/mol. The van der Waals surface area contributed by atoms with Crippen LogP contribution in [0.25, 0.3) is 21.7 Å². The largest absolute Gasteiger partial charge is 0.367 e. The Kier molecular flexibility index (Phi) is 3.00. The molecular weight excluding hydrogens is 287 g/mol. The molecule has 0 radical (unpaired) electrons. The Labute approximate surface area is 117 Å². The van der Waals surface area contributed by atoms with Crippen LogP contribution in [-0.2, 0) is 0 Å². The van der Waals surface area contributed by atoms with E-state index in [1.807, 2.05) is 17.5 Å². The summed E-state index contributed by atoms with van der Waals surface area (Å²) in [4.78, 5) is 0.855. The summed E-state index contributed by atoms with van der Waals surface area (Å²) in [6.45, 7) is 0. The molecule has 0 amide bonds. The second kappa shape index (κ2) is 4.68. The number of nitrogen functional groups attached to an aromatic ring is 1. The Morgan fingerprint density at radius 1 is 1.21 bits per heavy atom. The van der Waals surface area contributed by atoms with E-state index in [9.17, 15) is 4.39 Å². The van der Waals surface area contributed by atoms with E-state index in [0.717, 1.165) is 4.88 Å². The van der Waals surface area contributed by atoms with Crippen LogP contribution in [0.3, 0.4) is 0 Å². The normalized spacial score (nSPS) is 10.8. The van der Waals surface area contributed by atoms with Crippen molar-refractivity contribution in [1.82, 2.24) is 5.16 Å². The average molecular weight is 295 g/mol. The second-order valence-corrected chi connectivity index (χ2v) is 5.20. The van der Waals surface area contributed by atoms with E-state index in [0.29, 0.717) is 11.3 Å². The molecule has 0 atom stereocenters. The molecule has 2 aromatic heterocycles. The summed E-state index contributed by atoms with van der Waals surface area (Å²) >= 11 is 7.52. The molecule has 0 unspecified atom stereocenters. The highest BCUT2D eigenvalue weighted by Gasteiger charge is 2.22. The Hall–Kier alpha value is -1.85. The molecule has 19 heavy (non-hydrogen) atoms. The SMILES string of the molecule is Nc1onc(-c2c(F)cccc2Cl)c1-c1cccs1. The fourth-order valence-electron chi connectivity index (χ4n) is 1.86. The van der Waals surface area contributed by atoms with Gasteiger partial charge in [-0.3, -0.25) is 0 Å². The summed E-state index contributed by atoms with van der Waals surface area (Å²) in [6, 6.07) is 8.20. The van der Waals surface area contributed by atoms with Crippen LogP contribution in [0.4, 0.5) is 10.3 Å². The van der Waals surface area contributed by atoms with Gasteiger partial charge in [0.2, 0.25) is 5.88 Å². The van der Waals surface area contributed by atoms with Gasteiger partial charge in [-0.2, -0.15) is 0 Å².